The molecule has 3 aromatic rings. The number of benzene rings is 2. The predicted molar refractivity (Wildman–Crippen MR) is 77.8 cm³/mol. The minimum Gasteiger partial charge on any atom is -0.618 e. The maximum absolute atomic E-state index is 12.4. The van der Waals surface area contributed by atoms with Crippen LogP contribution in [0.15, 0.2) is 54.6 Å². The lowest BCUT2D eigenvalue weighted by Gasteiger charge is -2.11. The van der Waals surface area contributed by atoms with E-state index in [1.165, 1.54) is 5.56 Å². The van der Waals surface area contributed by atoms with E-state index < -0.39 is 0 Å². The normalized spacial score (nSPS) is 10.8. The van der Waals surface area contributed by atoms with Gasteiger partial charge in [0.1, 0.15) is 0 Å². The second kappa shape index (κ2) is 4.39. The summed E-state index contributed by atoms with van der Waals surface area (Å²) in [6.45, 7) is 3.89. The van der Waals surface area contributed by atoms with Crippen LogP contribution >= 0.6 is 0 Å². The van der Waals surface area contributed by atoms with Crippen molar-refractivity contribution in [3.63, 3.8) is 0 Å². The molecule has 0 saturated carbocycles. The van der Waals surface area contributed by atoms with Gasteiger partial charge in [-0.1, -0.05) is 35.9 Å². The molecule has 0 aliphatic heterocycles. The Morgan fingerprint density at radius 3 is 2.32 bits per heavy atom. The van der Waals surface area contributed by atoms with Crippen molar-refractivity contribution in [3.05, 3.63) is 71.1 Å². The minimum atomic E-state index is 0.717. The van der Waals surface area contributed by atoms with Gasteiger partial charge in [-0.3, -0.25) is 0 Å². The molecule has 94 valence electrons. The Bertz CT molecular complexity index is 745. The summed E-state index contributed by atoms with van der Waals surface area (Å²) in [6.07, 6.45) is 0. The van der Waals surface area contributed by atoms with Gasteiger partial charge in [0.15, 0.2) is 5.69 Å². The van der Waals surface area contributed by atoms with Crippen LogP contribution in [0.2, 0.25) is 0 Å². The molecular weight excluding hydrogens is 234 g/mol. The van der Waals surface area contributed by atoms with E-state index >= 15 is 0 Å². The molecule has 3 rings (SSSR count). The molecule has 0 fully saturated rings. The number of aromatic nitrogens is 1. The fraction of sp³-hybridized carbons (Fsp3) is 0.118. The molecule has 0 unspecified atom stereocenters. The molecule has 0 atom stereocenters. The molecule has 0 aliphatic rings. The zero-order valence-electron chi connectivity index (χ0n) is 11.1. The summed E-state index contributed by atoms with van der Waals surface area (Å²) in [5.74, 6) is 0. The largest absolute Gasteiger partial charge is 0.618 e. The number of hydrogen-bond donors (Lipinski definition) is 0. The number of fused-ring (bicyclic) bond motifs is 1. The van der Waals surface area contributed by atoms with Crippen LogP contribution < -0.4 is 4.73 Å². The number of aryl methyl sites for hydroxylation is 2. The molecule has 0 saturated heterocycles. The zero-order chi connectivity index (χ0) is 13.4. The van der Waals surface area contributed by atoms with Gasteiger partial charge in [0.25, 0.3) is 0 Å². The Morgan fingerprint density at radius 2 is 1.58 bits per heavy atom. The highest BCUT2D eigenvalue weighted by molar-refractivity contribution is 5.93. The van der Waals surface area contributed by atoms with Crippen LogP contribution in [0, 0.1) is 19.1 Å². The molecule has 0 aliphatic carbocycles. The minimum absolute atomic E-state index is 0.717. The number of rotatable bonds is 1. The Labute approximate surface area is 112 Å². The first-order valence-electron chi connectivity index (χ1n) is 6.36. The van der Waals surface area contributed by atoms with Gasteiger partial charge < -0.3 is 5.21 Å². The molecule has 0 amide bonds. The average Bonchev–Trinajstić information content (AvgIpc) is 2.42. The second-order valence-corrected chi connectivity index (χ2v) is 4.88. The van der Waals surface area contributed by atoms with Crippen LogP contribution in [-0.4, -0.2) is 0 Å². The predicted octanol–water partition coefficient (Wildman–Crippen LogP) is 3.76. The van der Waals surface area contributed by atoms with Gasteiger partial charge >= 0.3 is 0 Å². The van der Waals surface area contributed by atoms with Gasteiger partial charge in [-0.15, -0.1) is 0 Å². The number of nitrogens with zero attached hydrogens (tertiary/aromatic N) is 1. The first-order chi connectivity index (χ1) is 9.16. The summed E-state index contributed by atoms with van der Waals surface area (Å²) < 4.78 is 1.02. The van der Waals surface area contributed by atoms with E-state index in [2.05, 4.69) is 0 Å². The van der Waals surface area contributed by atoms with E-state index in [0.717, 1.165) is 26.8 Å². The maximum atomic E-state index is 12.4. The SMILES string of the molecule is Cc1ccc(-c2c3ccccc3cc(C)[n+]2[O-])cc1. The summed E-state index contributed by atoms with van der Waals surface area (Å²) >= 11 is 0. The van der Waals surface area contributed by atoms with Crippen molar-refractivity contribution in [1.29, 1.82) is 0 Å². The van der Waals surface area contributed by atoms with E-state index in [4.69, 9.17) is 0 Å². The summed E-state index contributed by atoms with van der Waals surface area (Å²) in [5, 5.41) is 14.5. The molecule has 0 radical (unpaired) electrons. The van der Waals surface area contributed by atoms with Crippen LogP contribution in [-0.2, 0) is 0 Å². The highest BCUT2D eigenvalue weighted by Crippen LogP contribution is 2.26. The van der Waals surface area contributed by atoms with Gasteiger partial charge in [0.05, 0.1) is 5.39 Å². The van der Waals surface area contributed by atoms with E-state index in [0.29, 0.717) is 5.69 Å². The Balaban J connectivity index is 2.38. The maximum Gasteiger partial charge on any atom is 0.231 e. The van der Waals surface area contributed by atoms with Gasteiger partial charge in [-0.2, -0.15) is 4.73 Å². The summed E-state index contributed by atoms with van der Waals surface area (Å²) in [5.41, 5.74) is 3.60. The van der Waals surface area contributed by atoms with Gasteiger partial charge in [0.2, 0.25) is 5.69 Å². The van der Waals surface area contributed by atoms with E-state index in [-0.39, 0.29) is 0 Å². The van der Waals surface area contributed by atoms with Crippen molar-refractivity contribution in [2.45, 2.75) is 13.8 Å². The number of hydrogen-bond acceptors (Lipinski definition) is 1. The third-order valence-electron chi connectivity index (χ3n) is 3.43. The Morgan fingerprint density at radius 1 is 0.895 bits per heavy atom. The van der Waals surface area contributed by atoms with E-state index in [1.54, 1.807) is 0 Å². The molecule has 2 heteroatoms. The van der Waals surface area contributed by atoms with Crippen molar-refractivity contribution < 1.29 is 4.73 Å². The van der Waals surface area contributed by atoms with Crippen LogP contribution in [0.4, 0.5) is 0 Å². The van der Waals surface area contributed by atoms with Crippen LogP contribution in [0.3, 0.4) is 0 Å². The van der Waals surface area contributed by atoms with Crippen molar-refractivity contribution in [1.82, 2.24) is 0 Å². The van der Waals surface area contributed by atoms with Crippen molar-refractivity contribution >= 4 is 10.8 Å². The van der Waals surface area contributed by atoms with Gasteiger partial charge in [0, 0.05) is 18.6 Å². The second-order valence-electron chi connectivity index (χ2n) is 4.88. The molecule has 0 N–H and O–H groups in total. The lowest BCUT2D eigenvalue weighted by Crippen LogP contribution is -2.33. The smallest absolute Gasteiger partial charge is 0.231 e. The van der Waals surface area contributed by atoms with Crippen molar-refractivity contribution in [2.75, 3.05) is 0 Å². The first-order valence-corrected chi connectivity index (χ1v) is 6.36. The lowest BCUT2D eigenvalue weighted by molar-refractivity contribution is -0.599. The third kappa shape index (κ3) is 1.95. The topological polar surface area (TPSA) is 26.9 Å². The van der Waals surface area contributed by atoms with Crippen molar-refractivity contribution in [3.8, 4) is 11.3 Å². The Hall–Kier alpha value is -2.35. The lowest BCUT2D eigenvalue weighted by atomic mass is 10.0. The zero-order valence-corrected chi connectivity index (χ0v) is 11.1. The monoisotopic (exact) mass is 249 g/mol. The Kier molecular flexibility index (Phi) is 2.71. The standard InChI is InChI=1S/C17H15NO/c1-12-7-9-14(10-8-12)17-16-6-4-3-5-15(16)11-13(2)18(17)19/h3-11H,1-2H3. The van der Waals surface area contributed by atoms with E-state index in [1.807, 2.05) is 68.4 Å². The fourth-order valence-electron chi connectivity index (χ4n) is 2.39. The summed E-state index contributed by atoms with van der Waals surface area (Å²) in [7, 11) is 0. The summed E-state index contributed by atoms with van der Waals surface area (Å²) in [4.78, 5) is 0. The first kappa shape index (κ1) is 11.7. The molecule has 2 aromatic carbocycles. The highest BCUT2D eigenvalue weighted by atomic mass is 16.5. The quantitative estimate of drug-likeness (QED) is 0.476. The van der Waals surface area contributed by atoms with Crippen molar-refractivity contribution in [2.24, 2.45) is 0 Å². The molecule has 0 spiro atoms. The van der Waals surface area contributed by atoms with E-state index in [9.17, 15) is 5.21 Å². The third-order valence-corrected chi connectivity index (χ3v) is 3.43. The molecule has 1 aromatic heterocycles. The molecule has 0 bridgehead atoms. The number of pyridine rings is 1. The fourth-order valence-corrected chi connectivity index (χ4v) is 2.39. The highest BCUT2D eigenvalue weighted by Gasteiger charge is 2.16. The molecule has 1 heterocycles. The van der Waals surface area contributed by atoms with Crippen LogP contribution in [0.25, 0.3) is 22.0 Å². The molecular formula is C17H15NO. The summed E-state index contributed by atoms with van der Waals surface area (Å²) in [6, 6.07) is 18.0. The van der Waals surface area contributed by atoms with Crippen LogP contribution in [0.5, 0.6) is 0 Å². The molecule has 19 heavy (non-hydrogen) atoms. The average molecular weight is 249 g/mol. The molecule has 2 nitrogen and oxygen atoms in total. The van der Waals surface area contributed by atoms with Gasteiger partial charge in [-0.05, 0) is 30.5 Å². The van der Waals surface area contributed by atoms with Crippen LogP contribution in [0.1, 0.15) is 11.3 Å². The van der Waals surface area contributed by atoms with Gasteiger partial charge in [-0.25, -0.2) is 0 Å².